The van der Waals surface area contributed by atoms with Gasteiger partial charge in [0.05, 0.1) is 5.25 Å². The summed E-state index contributed by atoms with van der Waals surface area (Å²) >= 11 is 2.00. The molecule has 4 heteroatoms. The van der Waals surface area contributed by atoms with Gasteiger partial charge in [-0.25, -0.2) is 4.98 Å². The van der Waals surface area contributed by atoms with E-state index in [1.54, 1.807) is 0 Å². The van der Waals surface area contributed by atoms with E-state index >= 15 is 0 Å². The van der Waals surface area contributed by atoms with Crippen molar-refractivity contribution >= 4 is 11.8 Å². The van der Waals surface area contributed by atoms with Crippen molar-refractivity contribution in [3.05, 3.63) is 11.6 Å². The Bertz CT molecular complexity index is 266. The number of aromatic amines is 1. The average Bonchev–Trinajstić information content (AvgIpc) is 2.67. The van der Waals surface area contributed by atoms with Crippen LogP contribution < -0.4 is 0 Å². The van der Waals surface area contributed by atoms with Gasteiger partial charge in [0.15, 0.2) is 5.82 Å². The Labute approximate surface area is 82.7 Å². The van der Waals surface area contributed by atoms with Crippen molar-refractivity contribution in [2.75, 3.05) is 5.75 Å². The third kappa shape index (κ3) is 2.05. The molecule has 13 heavy (non-hydrogen) atoms. The van der Waals surface area contributed by atoms with Crippen LogP contribution in [-0.4, -0.2) is 20.9 Å². The Morgan fingerprint density at radius 1 is 1.54 bits per heavy atom. The molecule has 1 aromatic rings. The van der Waals surface area contributed by atoms with Crippen LogP contribution in [0.2, 0.25) is 0 Å². The molecule has 0 saturated carbocycles. The topological polar surface area (TPSA) is 41.6 Å². The largest absolute Gasteiger partial charge is 0.263 e. The van der Waals surface area contributed by atoms with Gasteiger partial charge in [-0.15, -0.1) is 0 Å². The van der Waals surface area contributed by atoms with Gasteiger partial charge >= 0.3 is 0 Å². The Balaban J connectivity index is 2.05. The summed E-state index contributed by atoms with van der Waals surface area (Å²) in [6.45, 7) is 2.10. The van der Waals surface area contributed by atoms with E-state index in [4.69, 9.17) is 0 Å². The van der Waals surface area contributed by atoms with E-state index < -0.39 is 0 Å². The lowest BCUT2D eigenvalue weighted by molar-refractivity contribution is 0.664. The van der Waals surface area contributed by atoms with Crippen LogP contribution in [0.25, 0.3) is 0 Å². The van der Waals surface area contributed by atoms with Crippen molar-refractivity contribution in [2.24, 2.45) is 0 Å². The summed E-state index contributed by atoms with van der Waals surface area (Å²) < 4.78 is 0. The van der Waals surface area contributed by atoms with Gasteiger partial charge < -0.3 is 0 Å². The van der Waals surface area contributed by atoms with Crippen molar-refractivity contribution in [3.8, 4) is 0 Å². The fraction of sp³-hybridized carbons (Fsp3) is 0.778. The quantitative estimate of drug-likeness (QED) is 0.791. The van der Waals surface area contributed by atoms with Gasteiger partial charge in [-0.3, -0.25) is 5.10 Å². The predicted octanol–water partition coefficient (Wildman–Crippen LogP) is 2.33. The summed E-state index contributed by atoms with van der Waals surface area (Å²) in [5, 5.41) is 7.78. The van der Waals surface area contributed by atoms with Crippen LogP contribution in [-0.2, 0) is 6.42 Å². The maximum atomic E-state index is 4.46. The van der Waals surface area contributed by atoms with Gasteiger partial charge in [-0.1, -0.05) is 13.3 Å². The second-order valence-electron chi connectivity index (χ2n) is 3.35. The minimum absolute atomic E-state index is 0.547. The van der Waals surface area contributed by atoms with Crippen LogP contribution in [0, 0.1) is 0 Å². The number of hydrogen-bond donors (Lipinski definition) is 1. The van der Waals surface area contributed by atoms with E-state index in [0.29, 0.717) is 5.25 Å². The van der Waals surface area contributed by atoms with Gasteiger partial charge in [-0.05, 0) is 18.6 Å². The van der Waals surface area contributed by atoms with E-state index in [2.05, 4.69) is 22.1 Å². The summed E-state index contributed by atoms with van der Waals surface area (Å²) in [7, 11) is 0. The molecule has 0 spiro atoms. The third-order valence-electron chi connectivity index (χ3n) is 2.35. The molecule has 1 aliphatic rings. The fourth-order valence-electron chi connectivity index (χ4n) is 1.56. The van der Waals surface area contributed by atoms with Crippen molar-refractivity contribution < 1.29 is 0 Å². The molecular formula is C9H15N3S. The first kappa shape index (κ1) is 9.06. The fourth-order valence-corrected chi connectivity index (χ4v) is 2.80. The van der Waals surface area contributed by atoms with Crippen LogP contribution in [0.1, 0.15) is 43.1 Å². The predicted molar refractivity (Wildman–Crippen MR) is 54.8 cm³/mol. The second kappa shape index (κ2) is 4.13. The van der Waals surface area contributed by atoms with E-state index in [9.17, 15) is 0 Å². The number of aryl methyl sites for hydroxylation is 1. The van der Waals surface area contributed by atoms with Crippen molar-refractivity contribution in [1.29, 1.82) is 0 Å². The van der Waals surface area contributed by atoms with E-state index in [1.165, 1.54) is 25.0 Å². The maximum Gasteiger partial charge on any atom is 0.163 e. The molecule has 0 bridgehead atoms. The summed E-state index contributed by atoms with van der Waals surface area (Å²) in [4.78, 5) is 4.46. The molecule has 1 fully saturated rings. The number of nitrogens with zero attached hydrogens (tertiary/aromatic N) is 2. The van der Waals surface area contributed by atoms with Crippen molar-refractivity contribution in [2.45, 2.75) is 37.9 Å². The number of aromatic nitrogens is 3. The van der Waals surface area contributed by atoms with Crippen LogP contribution >= 0.6 is 11.8 Å². The Morgan fingerprint density at radius 3 is 3.08 bits per heavy atom. The number of nitrogens with one attached hydrogen (secondary N) is 1. The molecule has 0 aromatic carbocycles. The van der Waals surface area contributed by atoms with E-state index in [1.807, 2.05) is 11.8 Å². The minimum Gasteiger partial charge on any atom is -0.263 e. The monoisotopic (exact) mass is 197 g/mol. The first-order valence-electron chi connectivity index (χ1n) is 4.93. The highest BCUT2D eigenvalue weighted by Gasteiger charge is 2.19. The smallest absolute Gasteiger partial charge is 0.163 e. The van der Waals surface area contributed by atoms with Gasteiger partial charge in [0.2, 0.25) is 0 Å². The number of rotatable bonds is 2. The molecule has 1 unspecified atom stereocenters. The average molecular weight is 197 g/mol. The molecule has 0 aliphatic carbocycles. The summed E-state index contributed by atoms with van der Waals surface area (Å²) in [6.07, 6.45) is 4.87. The molecule has 1 aliphatic heterocycles. The molecule has 2 rings (SSSR count). The standard InChI is InChI=1S/C9H15N3S/c1-2-8-10-9(12-11-8)7-5-3-4-6-13-7/h7H,2-6H2,1H3,(H,10,11,12). The Kier molecular flexibility index (Phi) is 2.88. The molecule has 3 nitrogen and oxygen atoms in total. The Morgan fingerprint density at radius 2 is 2.46 bits per heavy atom. The highest BCUT2D eigenvalue weighted by molar-refractivity contribution is 7.99. The number of H-pyrrole nitrogens is 1. The highest BCUT2D eigenvalue weighted by Crippen LogP contribution is 2.36. The van der Waals surface area contributed by atoms with Crippen molar-refractivity contribution in [3.63, 3.8) is 0 Å². The van der Waals surface area contributed by atoms with Crippen molar-refractivity contribution in [1.82, 2.24) is 15.2 Å². The lowest BCUT2D eigenvalue weighted by Gasteiger charge is -2.17. The lowest BCUT2D eigenvalue weighted by atomic mass is 10.2. The molecule has 0 radical (unpaired) electrons. The third-order valence-corrected chi connectivity index (χ3v) is 3.72. The lowest BCUT2D eigenvalue weighted by Crippen LogP contribution is -2.03. The van der Waals surface area contributed by atoms with Crippen LogP contribution in [0.3, 0.4) is 0 Å². The molecular weight excluding hydrogens is 182 g/mol. The highest BCUT2D eigenvalue weighted by atomic mass is 32.2. The summed E-state index contributed by atoms with van der Waals surface area (Å²) in [5.74, 6) is 3.29. The normalized spacial score (nSPS) is 23.3. The molecule has 1 saturated heterocycles. The molecule has 72 valence electrons. The van der Waals surface area contributed by atoms with E-state index in [-0.39, 0.29) is 0 Å². The molecule has 0 amide bonds. The van der Waals surface area contributed by atoms with Crippen LogP contribution in [0.5, 0.6) is 0 Å². The molecule has 1 N–H and O–H groups in total. The van der Waals surface area contributed by atoms with Gasteiger partial charge in [0.1, 0.15) is 5.82 Å². The molecule has 2 heterocycles. The van der Waals surface area contributed by atoms with Gasteiger partial charge in [0.25, 0.3) is 0 Å². The van der Waals surface area contributed by atoms with Crippen LogP contribution in [0.4, 0.5) is 0 Å². The minimum atomic E-state index is 0.547. The zero-order chi connectivity index (χ0) is 9.10. The Hall–Kier alpha value is -0.510. The van der Waals surface area contributed by atoms with Gasteiger partial charge in [0, 0.05) is 6.42 Å². The zero-order valence-corrected chi connectivity index (χ0v) is 8.73. The second-order valence-corrected chi connectivity index (χ2v) is 4.66. The molecule has 1 aromatic heterocycles. The number of hydrogen-bond acceptors (Lipinski definition) is 3. The first-order valence-corrected chi connectivity index (χ1v) is 5.98. The maximum absolute atomic E-state index is 4.46. The van der Waals surface area contributed by atoms with Gasteiger partial charge in [-0.2, -0.15) is 16.9 Å². The summed E-state index contributed by atoms with van der Waals surface area (Å²) in [5.41, 5.74) is 0. The van der Waals surface area contributed by atoms with Crippen LogP contribution in [0.15, 0.2) is 0 Å². The summed E-state index contributed by atoms with van der Waals surface area (Å²) in [6, 6.07) is 0. The van der Waals surface area contributed by atoms with E-state index in [0.717, 1.165) is 18.1 Å². The SMILES string of the molecule is CCc1nc(C2CCCCS2)n[nH]1. The molecule has 1 atom stereocenters. The first-order chi connectivity index (χ1) is 6.40. The number of thioether (sulfide) groups is 1. The zero-order valence-electron chi connectivity index (χ0n) is 7.92.